The molecular formula is C30H26N4O4S. The molecule has 0 aliphatic heterocycles. The quantitative estimate of drug-likeness (QED) is 0.147. The van der Waals surface area contributed by atoms with Crippen molar-refractivity contribution < 1.29 is 14.5 Å². The summed E-state index contributed by atoms with van der Waals surface area (Å²) in [7, 11) is 1.59. The first-order valence-corrected chi connectivity index (χ1v) is 13.0. The maximum absolute atomic E-state index is 13.1. The average molecular weight is 539 g/mol. The van der Waals surface area contributed by atoms with Crippen molar-refractivity contribution in [3.8, 4) is 34.2 Å². The van der Waals surface area contributed by atoms with Crippen molar-refractivity contribution in [3.05, 3.63) is 99.6 Å². The summed E-state index contributed by atoms with van der Waals surface area (Å²) in [6.45, 7) is 5.35. The summed E-state index contributed by atoms with van der Waals surface area (Å²) in [6, 6.07) is 24.0. The molecule has 0 aliphatic carbocycles. The summed E-state index contributed by atoms with van der Waals surface area (Å²) in [4.78, 5) is 28.7. The molecule has 4 rings (SSSR count). The van der Waals surface area contributed by atoms with E-state index in [1.807, 2.05) is 61.5 Å². The number of anilines is 1. The Balaban J connectivity index is 1.71. The van der Waals surface area contributed by atoms with Gasteiger partial charge in [-0.3, -0.25) is 14.9 Å². The van der Waals surface area contributed by atoms with E-state index in [4.69, 9.17) is 9.72 Å². The largest absolute Gasteiger partial charge is 0.497 e. The second-order valence-electron chi connectivity index (χ2n) is 8.95. The number of methoxy groups -OCH3 is 1. The molecule has 0 aliphatic rings. The molecule has 9 heteroatoms. The number of nitrogens with zero attached hydrogens (tertiary/aromatic N) is 3. The molecule has 196 valence electrons. The van der Waals surface area contributed by atoms with E-state index >= 15 is 0 Å². The van der Waals surface area contributed by atoms with E-state index in [0.717, 1.165) is 28.5 Å². The standard InChI is InChI=1S/C30H26N4O4S/c1-18-5-8-22(9-6-18)27-16-25(21-10-13-24(38-4)14-11-21)26(17-31)30(33-27)39-20(3)29(35)32-23-12-7-19(2)28(15-23)34(36)37/h5-16,20H,1-4H3,(H,32,35). The van der Waals surface area contributed by atoms with Crippen molar-refractivity contribution >= 4 is 29.0 Å². The van der Waals surface area contributed by atoms with Crippen LogP contribution in [0.15, 0.2) is 77.8 Å². The summed E-state index contributed by atoms with van der Waals surface area (Å²) >= 11 is 1.16. The number of pyridine rings is 1. The molecule has 1 atom stereocenters. The van der Waals surface area contributed by atoms with Gasteiger partial charge in [-0.2, -0.15) is 5.26 Å². The van der Waals surface area contributed by atoms with Gasteiger partial charge in [0.05, 0.1) is 28.5 Å². The molecule has 0 spiro atoms. The Labute approximate surface area is 230 Å². The SMILES string of the molecule is COc1ccc(-c2cc(-c3ccc(C)cc3)nc(SC(C)C(=O)Nc3ccc(C)c([N+](=O)[O-])c3)c2C#N)cc1. The number of thioether (sulfide) groups is 1. The van der Waals surface area contributed by atoms with Gasteiger partial charge in [0.25, 0.3) is 5.69 Å². The van der Waals surface area contributed by atoms with Gasteiger partial charge in [0.1, 0.15) is 16.8 Å². The van der Waals surface area contributed by atoms with Gasteiger partial charge in [-0.25, -0.2) is 4.98 Å². The number of carbonyl (C=O) groups is 1. The summed E-state index contributed by atoms with van der Waals surface area (Å²) in [6.07, 6.45) is 0. The Morgan fingerprint density at radius 3 is 2.33 bits per heavy atom. The number of carbonyl (C=O) groups excluding carboxylic acids is 1. The topological polar surface area (TPSA) is 118 Å². The number of nitriles is 1. The molecule has 0 radical (unpaired) electrons. The number of hydrogen-bond acceptors (Lipinski definition) is 7. The molecule has 1 aromatic heterocycles. The number of hydrogen-bond donors (Lipinski definition) is 1. The average Bonchev–Trinajstić information content (AvgIpc) is 2.93. The van der Waals surface area contributed by atoms with E-state index in [2.05, 4.69) is 11.4 Å². The number of rotatable bonds is 8. The van der Waals surface area contributed by atoms with E-state index in [0.29, 0.717) is 38.8 Å². The van der Waals surface area contributed by atoms with Crippen molar-refractivity contribution in [1.82, 2.24) is 4.98 Å². The molecule has 1 heterocycles. The van der Waals surface area contributed by atoms with Gasteiger partial charge in [-0.1, -0.05) is 59.8 Å². The highest BCUT2D eigenvalue weighted by Gasteiger charge is 2.22. The van der Waals surface area contributed by atoms with Gasteiger partial charge >= 0.3 is 0 Å². The number of amides is 1. The van der Waals surface area contributed by atoms with Crippen LogP contribution < -0.4 is 10.1 Å². The van der Waals surface area contributed by atoms with Crippen molar-refractivity contribution in [2.45, 2.75) is 31.0 Å². The lowest BCUT2D eigenvalue weighted by Crippen LogP contribution is -2.22. The minimum absolute atomic E-state index is 0.0727. The second kappa shape index (κ2) is 11.8. The molecule has 3 aromatic carbocycles. The number of nitro groups is 1. The summed E-state index contributed by atoms with van der Waals surface area (Å²) < 4.78 is 5.28. The van der Waals surface area contributed by atoms with Gasteiger partial charge in [-0.05, 0) is 50.6 Å². The minimum atomic E-state index is -0.651. The fourth-order valence-corrected chi connectivity index (χ4v) is 4.86. The van der Waals surface area contributed by atoms with Crippen molar-refractivity contribution in [2.75, 3.05) is 12.4 Å². The third-order valence-corrected chi connectivity index (χ3v) is 7.26. The third-order valence-electron chi connectivity index (χ3n) is 6.18. The first kappa shape index (κ1) is 27.4. The minimum Gasteiger partial charge on any atom is -0.497 e. The predicted molar refractivity (Wildman–Crippen MR) is 153 cm³/mol. The molecular weight excluding hydrogens is 512 g/mol. The maximum atomic E-state index is 13.1. The number of aryl methyl sites for hydroxylation is 2. The third kappa shape index (κ3) is 6.25. The molecule has 1 unspecified atom stereocenters. The van der Waals surface area contributed by atoms with Crippen molar-refractivity contribution in [3.63, 3.8) is 0 Å². The number of ether oxygens (including phenoxy) is 1. The van der Waals surface area contributed by atoms with Crippen LogP contribution in [-0.2, 0) is 4.79 Å². The van der Waals surface area contributed by atoms with Crippen LogP contribution in [0.1, 0.15) is 23.6 Å². The normalized spacial score (nSPS) is 11.4. The smallest absolute Gasteiger partial charge is 0.274 e. The van der Waals surface area contributed by atoms with Crippen LogP contribution in [0.5, 0.6) is 5.75 Å². The number of aromatic nitrogens is 1. The molecule has 0 fully saturated rings. The number of nitro benzene ring substituents is 1. The van der Waals surface area contributed by atoms with Crippen LogP contribution in [0, 0.1) is 35.3 Å². The molecule has 8 nitrogen and oxygen atoms in total. The maximum Gasteiger partial charge on any atom is 0.274 e. The van der Waals surface area contributed by atoms with E-state index in [9.17, 15) is 20.2 Å². The predicted octanol–water partition coefficient (Wildman–Crippen LogP) is 6.94. The Bertz CT molecular complexity index is 1580. The molecule has 1 N–H and O–H groups in total. The van der Waals surface area contributed by atoms with Crippen molar-refractivity contribution in [1.29, 1.82) is 5.26 Å². The molecule has 4 aromatic rings. The first-order chi connectivity index (χ1) is 18.7. The van der Waals surface area contributed by atoms with Gasteiger partial charge < -0.3 is 10.1 Å². The fraction of sp³-hybridized carbons (Fsp3) is 0.167. The molecule has 0 bridgehead atoms. The molecule has 0 saturated heterocycles. The lowest BCUT2D eigenvalue weighted by atomic mass is 9.99. The zero-order valence-corrected chi connectivity index (χ0v) is 22.7. The lowest BCUT2D eigenvalue weighted by Gasteiger charge is -2.16. The summed E-state index contributed by atoms with van der Waals surface area (Å²) in [5.41, 5.74) is 5.27. The van der Waals surface area contributed by atoms with Crippen LogP contribution in [-0.4, -0.2) is 28.2 Å². The number of nitrogens with one attached hydrogen (secondary N) is 1. The van der Waals surface area contributed by atoms with Crippen LogP contribution in [0.3, 0.4) is 0 Å². The van der Waals surface area contributed by atoms with E-state index in [1.54, 1.807) is 33.1 Å². The zero-order chi connectivity index (χ0) is 28.1. The van der Waals surface area contributed by atoms with E-state index in [1.165, 1.54) is 6.07 Å². The Kier molecular flexibility index (Phi) is 8.27. The highest BCUT2D eigenvalue weighted by Crippen LogP contribution is 2.36. The van der Waals surface area contributed by atoms with Gasteiger partial charge in [0, 0.05) is 28.4 Å². The van der Waals surface area contributed by atoms with Gasteiger partial charge in [0.15, 0.2) is 0 Å². The van der Waals surface area contributed by atoms with E-state index < -0.39 is 10.2 Å². The van der Waals surface area contributed by atoms with Gasteiger partial charge in [-0.15, -0.1) is 0 Å². The monoisotopic (exact) mass is 538 g/mol. The Hall–Kier alpha value is -4.68. The van der Waals surface area contributed by atoms with Crippen LogP contribution in [0.2, 0.25) is 0 Å². The highest BCUT2D eigenvalue weighted by molar-refractivity contribution is 8.00. The molecule has 39 heavy (non-hydrogen) atoms. The molecule has 0 saturated carbocycles. The van der Waals surface area contributed by atoms with Gasteiger partial charge in [0.2, 0.25) is 5.91 Å². The van der Waals surface area contributed by atoms with E-state index in [-0.39, 0.29) is 11.6 Å². The first-order valence-electron chi connectivity index (χ1n) is 12.1. The molecule has 1 amide bonds. The highest BCUT2D eigenvalue weighted by atomic mass is 32.2. The zero-order valence-electron chi connectivity index (χ0n) is 21.9. The van der Waals surface area contributed by atoms with Crippen LogP contribution in [0.25, 0.3) is 22.4 Å². The number of benzene rings is 3. The summed E-state index contributed by atoms with van der Waals surface area (Å²) in [5.74, 6) is 0.330. The fourth-order valence-electron chi connectivity index (χ4n) is 3.93. The lowest BCUT2D eigenvalue weighted by molar-refractivity contribution is -0.385. The Morgan fingerprint density at radius 1 is 1.05 bits per heavy atom. The second-order valence-corrected chi connectivity index (χ2v) is 10.3. The summed E-state index contributed by atoms with van der Waals surface area (Å²) in [5, 5.41) is 24.0. The van der Waals surface area contributed by atoms with Crippen molar-refractivity contribution in [2.24, 2.45) is 0 Å². The Morgan fingerprint density at radius 2 is 1.72 bits per heavy atom. The van der Waals surface area contributed by atoms with Crippen LogP contribution >= 0.6 is 11.8 Å². The van der Waals surface area contributed by atoms with Crippen LogP contribution in [0.4, 0.5) is 11.4 Å².